The van der Waals surface area contributed by atoms with Gasteiger partial charge in [-0.05, 0) is 29.8 Å². The fourth-order valence-corrected chi connectivity index (χ4v) is 2.85. The van der Waals surface area contributed by atoms with E-state index in [-0.39, 0.29) is 25.7 Å². The Hall–Kier alpha value is -3.22. The number of ether oxygens (including phenoxy) is 4. The number of rotatable bonds is 3. The number of nitrogens with zero attached hydrogens (tertiary/aromatic N) is 1. The molecule has 0 fully saturated rings. The van der Waals surface area contributed by atoms with E-state index >= 15 is 0 Å². The van der Waals surface area contributed by atoms with Crippen molar-refractivity contribution in [3.8, 4) is 23.0 Å². The molecule has 0 bridgehead atoms. The Bertz CT molecular complexity index is 863. The Balaban J connectivity index is 1.66. The second-order valence-corrected chi connectivity index (χ2v) is 5.60. The third-order valence-electron chi connectivity index (χ3n) is 4.09. The maximum Gasteiger partial charge on any atom is 0.267 e. The van der Waals surface area contributed by atoms with Crippen LogP contribution in [0.2, 0.25) is 0 Å². The lowest BCUT2D eigenvalue weighted by Gasteiger charge is -2.18. The molecule has 0 unspecified atom stereocenters. The molecule has 0 N–H and O–H groups in total. The van der Waals surface area contributed by atoms with Crippen molar-refractivity contribution in [2.24, 2.45) is 0 Å². The van der Waals surface area contributed by atoms with Gasteiger partial charge in [-0.3, -0.25) is 14.5 Å². The van der Waals surface area contributed by atoms with Crippen LogP contribution in [-0.4, -0.2) is 37.2 Å². The van der Waals surface area contributed by atoms with Gasteiger partial charge in [0.15, 0.2) is 29.6 Å². The molecule has 4 rings (SSSR count). The lowest BCUT2D eigenvalue weighted by atomic mass is 10.1. The van der Waals surface area contributed by atoms with Crippen LogP contribution < -0.4 is 18.9 Å². The summed E-state index contributed by atoms with van der Waals surface area (Å²) in [7, 11) is 1.49. The van der Waals surface area contributed by atoms with Crippen LogP contribution in [0.15, 0.2) is 36.4 Å². The molecule has 2 aliphatic heterocycles. The quantitative estimate of drug-likeness (QED) is 0.795. The summed E-state index contributed by atoms with van der Waals surface area (Å²) in [6, 6.07) is 10.3. The highest BCUT2D eigenvalue weighted by atomic mass is 16.7. The molecule has 0 saturated heterocycles. The molecular weight excluding hydrogens is 326 g/mol. The van der Waals surface area contributed by atoms with Gasteiger partial charge >= 0.3 is 0 Å². The summed E-state index contributed by atoms with van der Waals surface area (Å²) < 4.78 is 21.3. The van der Waals surface area contributed by atoms with E-state index in [1.54, 1.807) is 36.4 Å². The molecule has 7 heteroatoms. The Morgan fingerprint density at radius 1 is 1.08 bits per heavy atom. The molecule has 2 heterocycles. The molecule has 0 saturated carbocycles. The molecule has 2 amide bonds. The van der Waals surface area contributed by atoms with E-state index in [1.165, 1.54) is 12.0 Å². The minimum atomic E-state index is -0.422. The lowest BCUT2D eigenvalue weighted by molar-refractivity contribution is -0.130. The highest BCUT2D eigenvalue weighted by Gasteiger charge is 2.31. The van der Waals surface area contributed by atoms with Crippen LogP contribution in [-0.2, 0) is 11.3 Å². The fourth-order valence-electron chi connectivity index (χ4n) is 2.85. The van der Waals surface area contributed by atoms with Crippen molar-refractivity contribution in [2.75, 3.05) is 20.5 Å². The second-order valence-electron chi connectivity index (χ2n) is 5.60. The molecule has 25 heavy (non-hydrogen) atoms. The Morgan fingerprint density at radius 2 is 1.92 bits per heavy atom. The number of para-hydroxylation sites is 1. The van der Waals surface area contributed by atoms with Crippen molar-refractivity contribution in [1.82, 2.24) is 4.90 Å². The number of methoxy groups -OCH3 is 1. The smallest absolute Gasteiger partial charge is 0.267 e. The van der Waals surface area contributed by atoms with Gasteiger partial charge in [-0.15, -0.1) is 0 Å². The lowest BCUT2D eigenvalue weighted by Crippen LogP contribution is -2.37. The number of benzene rings is 2. The minimum absolute atomic E-state index is 0.119. The van der Waals surface area contributed by atoms with Crippen molar-refractivity contribution >= 4 is 11.8 Å². The first-order chi connectivity index (χ1) is 12.2. The van der Waals surface area contributed by atoms with Crippen molar-refractivity contribution in [1.29, 1.82) is 0 Å². The first-order valence-electron chi connectivity index (χ1n) is 7.70. The van der Waals surface area contributed by atoms with E-state index in [4.69, 9.17) is 18.9 Å². The number of hydrogen-bond donors (Lipinski definition) is 0. The second kappa shape index (κ2) is 6.01. The van der Waals surface area contributed by atoms with Gasteiger partial charge in [0.2, 0.25) is 6.79 Å². The van der Waals surface area contributed by atoms with Crippen molar-refractivity contribution in [3.63, 3.8) is 0 Å². The van der Waals surface area contributed by atoms with E-state index in [1.807, 2.05) is 0 Å². The zero-order chi connectivity index (χ0) is 17.4. The summed E-state index contributed by atoms with van der Waals surface area (Å²) in [6.45, 7) is 0.0549. The zero-order valence-electron chi connectivity index (χ0n) is 13.5. The largest absolute Gasteiger partial charge is 0.493 e. The van der Waals surface area contributed by atoms with Crippen LogP contribution in [0.3, 0.4) is 0 Å². The van der Waals surface area contributed by atoms with E-state index < -0.39 is 11.8 Å². The van der Waals surface area contributed by atoms with Crippen LogP contribution in [0, 0.1) is 0 Å². The van der Waals surface area contributed by atoms with E-state index in [0.29, 0.717) is 22.8 Å². The highest BCUT2D eigenvalue weighted by molar-refractivity contribution is 6.08. The molecule has 2 aliphatic rings. The Morgan fingerprint density at radius 3 is 2.76 bits per heavy atom. The molecule has 7 nitrogen and oxygen atoms in total. The summed E-state index contributed by atoms with van der Waals surface area (Å²) in [5, 5.41) is 0. The summed E-state index contributed by atoms with van der Waals surface area (Å²) in [5.74, 6) is 1.12. The molecule has 128 valence electrons. The van der Waals surface area contributed by atoms with Gasteiger partial charge < -0.3 is 18.9 Å². The number of hydrogen-bond acceptors (Lipinski definition) is 6. The maximum atomic E-state index is 12.9. The molecule has 0 atom stereocenters. The van der Waals surface area contributed by atoms with E-state index in [9.17, 15) is 9.59 Å². The fraction of sp³-hybridized carbons (Fsp3) is 0.222. The Kier molecular flexibility index (Phi) is 3.68. The summed E-state index contributed by atoms with van der Waals surface area (Å²) in [4.78, 5) is 26.5. The first kappa shape index (κ1) is 15.3. The average Bonchev–Trinajstić information content (AvgIpc) is 3.06. The molecule has 2 aromatic carbocycles. The van der Waals surface area contributed by atoms with Crippen molar-refractivity contribution in [2.45, 2.75) is 6.54 Å². The number of fused-ring (bicyclic) bond motifs is 2. The molecular formula is C18H15NO6. The van der Waals surface area contributed by atoms with Gasteiger partial charge in [0.1, 0.15) is 0 Å². The van der Waals surface area contributed by atoms with Crippen LogP contribution in [0.5, 0.6) is 23.0 Å². The van der Waals surface area contributed by atoms with Crippen molar-refractivity contribution in [3.05, 3.63) is 47.5 Å². The number of imide groups is 1. The van der Waals surface area contributed by atoms with E-state index in [2.05, 4.69) is 0 Å². The third kappa shape index (κ3) is 2.63. The maximum absolute atomic E-state index is 12.9. The molecule has 0 radical (unpaired) electrons. The Labute approximate surface area is 143 Å². The molecule has 0 aliphatic carbocycles. The average molecular weight is 341 g/mol. The van der Waals surface area contributed by atoms with Crippen LogP contribution in [0.4, 0.5) is 0 Å². The van der Waals surface area contributed by atoms with Gasteiger partial charge in [0.25, 0.3) is 11.8 Å². The molecule has 0 spiro atoms. The molecule has 2 aromatic rings. The van der Waals surface area contributed by atoms with Gasteiger partial charge in [-0.1, -0.05) is 12.1 Å². The summed E-state index contributed by atoms with van der Waals surface area (Å²) in [5.41, 5.74) is 1.06. The predicted molar refractivity (Wildman–Crippen MR) is 85.9 cm³/mol. The SMILES string of the molecule is COc1cccc2c1OCC(=O)N(Cc1ccc3c(c1)OCO3)C2=O. The number of carbonyl (C=O) groups is 2. The van der Waals surface area contributed by atoms with Gasteiger partial charge in [-0.25, -0.2) is 0 Å². The number of carbonyl (C=O) groups excluding carboxylic acids is 2. The number of amides is 2. The monoisotopic (exact) mass is 341 g/mol. The van der Waals surface area contributed by atoms with Gasteiger partial charge in [0.05, 0.1) is 19.2 Å². The van der Waals surface area contributed by atoms with Gasteiger partial charge in [-0.2, -0.15) is 0 Å². The topological polar surface area (TPSA) is 74.3 Å². The normalized spacial score (nSPS) is 15.5. The summed E-state index contributed by atoms with van der Waals surface area (Å²) in [6.07, 6.45) is 0. The van der Waals surface area contributed by atoms with E-state index in [0.717, 1.165) is 5.56 Å². The zero-order valence-corrected chi connectivity index (χ0v) is 13.5. The predicted octanol–water partition coefficient (Wildman–Crippen LogP) is 1.99. The first-order valence-corrected chi connectivity index (χ1v) is 7.70. The minimum Gasteiger partial charge on any atom is -0.493 e. The highest BCUT2D eigenvalue weighted by Crippen LogP contribution is 2.35. The van der Waals surface area contributed by atoms with Gasteiger partial charge in [0, 0.05) is 0 Å². The molecule has 0 aromatic heterocycles. The standard InChI is InChI=1S/C18H15NO6/c1-22-14-4-2-3-12-17(14)23-9-16(20)19(18(12)21)8-11-5-6-13-15(7-11)25-10-24-13/h2-7H,8-10H2,1H3. The third-order valence-corrected chi connectivity index (χ3v) is 4.09. The van der Waals surface area contributed by atoms with Crippen molar-refractivity contribution < 1.29 is 28.5 Å². The van der Waals surface area contributed by atoms with Crippen LogP contribution >= 0.6 is 0 Å². The van der Waals surface area contributed by atoms with Crippen LogP contribution in [0.25, 0.3) is 0 Å². The van der Waals surface area contributed by atoms with Crippen LogP contribution in [0.1, 0.15) is 15.9 Å². The summed E-state index contributed by atoms with van der Waals surface area (Å²) >= 11 is 0.